The Labute approximate surface area is 284 Å². The molecule has 13 heteroatoms. The molecule has 0 fully saturated rings. The van der Waals surface area contributed by atoms with Gasteiger partial charge in [0.2, 0.25) is 20.1 Å². The summed E-state index contributed by atoms with van der Waals surface area (Å²) in [6.45, 7) is 5.77. The minimum absolute atomic E-state index is 0.0452. The van der Waals surface area contributed by atoms with Crippen LogP contribution in [-0.4, -0.2) is 70.6 Å². The van der Waals surface area contributed by atoms with E-state index in [2.05, 4.69) is 25.8 Å². The zero-order valence-corrected chi connectivity index (χ0v) is 28.9. The molecule has 3 aromatic carbocycles. The smallest absolute Gasteiger partial charge is 0.239 e. The number of nitrogens with one attached hydrogen (secondary N) is 2. The molecule has 11 nitrogen and oxygen atoms in total. The highest BCUT2D eigenvalue weighted by Gasteiger charge is 2.30. The average molecular weight is 682 g/mol. The number of halogens is 1. The van der Waals surface area contributed by atoms with Gasteiger partial charge in [0.1, 0.15) is 17.6 Å². The van der Waals surface area contributed by atoms with Crippen LogP contribution < -0.4 is 20.7 Å². The van der Waals surface area contributed by atoms with Gasteiger partial charge >= 0.3 is 0 Å². The van der Waals surface area contributed by atoms with E-state index in [1.165, 1.54) is 0 Å². The van der Waals surface area contributed by atoms with Gasteiger partial charge in [-0.2, -0.15) is 0 Å². The quantitative estimate of drug-likeness (QED) is 0.190. The van der Waals surface area contributed by atoms with Gasteiger partial charge in [0.15, 0.2) is 5.82 Å². The lowest BCUT2D eigenvalue weighted by Gasteiger charge is -2.14. The number of fused-ring (bicyclic) bond motifs is 4. The fourth-order valence-corrected chi connectivity index (χ4v) is 6.69. The Morgan fingerprint density at radius 3 is 2.52 bits per heavy atom. The third kappa shape index (κ3) is 7.15. The molecule has 0 saturated carbocycles. The van der Waals surface area contributed by atoms with Crippen LogP contribution in [-0.2, 0) is 16.0 Å². The fraction of sp³-hybridized carbons (Fsp3) is 0.257. The van der Waals surface area contributed by atoms with Gasteiger partial charge in [-0.15, -0.1) is 10.2 Å². The highest BCUT2D eigenvalue weighted by Crippen LogP contribution is 2.34. The van der Waals surface area contributed by atoms with Crippen molar-refractivity contribution in [2.24, 2.45) is 4.99 Å². The number of aromatic nitrogens is 4. The van der Waals surface area contributed by atoms with Gasteiger partial charge in [0, 0.05) is 28.1 Å². The number of benzene rings is 3. The van der Waals surface area contributed by atoms with Gasteiger partial charge in [-0.25, -0.2) is 0 Å². The topological polar surface area (TPSA) is 144 Å². The highest BCUT2D eigenvalue weighted by molar-refractivity contribution is 6.82. The molecule has 1 aliphatic rings. The number of aliphatic imine (C=N–C) groups is 1. The normalized spacial score (nSPS) is 14.0. The van der Waals surface area contributed by atoms with Crippen LogP contribution in [0.15, 0.2) is 77.8 Å². The molecule has 1 atom stereocenters. The van der Waals surface area contributed by atoms with Crippen LogP contribution in [0.2, 0.25) is 18.1 Å². The molecule has 2 amide bonds. The predicted octanol–water partition coefficient (Wildman–Crippen LogP) is 3.95. The van der Waals surface area contributed by atoms with E-state index in [0.29, 0.717) is 41.1 Å². The van der Waals surface area contributed by atoms with Crippen molar-refractivity contribution in [3.05, 3.63) is 106 Å². The van der Waals surface area contributed by atoms with Gasteiger partial charge in [-0.05, 0) is 80.5 Å². The first-order valence-electron chi connectivity index (χ1n) is 15.6. The SMILES string of the molecule is COc1ccc2c(c1)C(c1ccc(Cl)cc1)=N[C@@H](CC(=O)NCC(=O)NCCc1ccc3nc([Si](C)(C)O)ccc3c1)c1nnc(C)n1-2. The summed E-state index contributed by atoms with van der Waals surface area (Å²) in [5, 5.41) is 16.6. The van der Waals surface area contributed by atoms with Crippen molar-refractivity contribution in [2.75, 3.05) is 20.2 Å². The number of pyridine rings is 1. The molecular weight excluding hydrogens is 646 g/mol. The molecule has 0 aliphatic carbocycles. The van der Waals surface area contributed by atoms with Crippen LogP contribution in [0.4, 0.5) is 0 Å². The summed E-state index contributed by atoms with van der Waals surface area (Å²) < 4.78 is 7.43. The van der Waals surface area contributed by atoms with E-state index in [1.807, 2.05) is 85.2 Å². The molecule has 3 heterocycles. The van der Waals surface area contributed by atoms with Crippen molar-refractivity contribution >= 4 is 53.7 Å². The minimum Gasteiger partial charge on any atom is -0.497 e. The molecule has 5 aromatic rings. The first-order valence-corrected chi connectivity index (χ1v) is 18.9. The second kappa shape index (κ2) is 13.7. The molecule has 48 heavy (non-hydrogen) atoms. The van der Waals surface area contributed by atoms with E-state index in [-0.39, 0.29) is 24.8 Å². The van der Waals surface area contributed by atoms with Gasteiger partial charge in [-0.1, -0.05) is 35.9 Å². The van der Waals surface area contributed by atoms with Crippen molar-refractivity contribution < 1.29 is 19.1 Å². The molecule has 0 saturated heterocycles. The van der Waals surface area contributed by atoms with Crippen LogP contribution in [0, 0.1) is 6.92 Å². The van der Waals surface area contributed by atoms with Crippen LogP contribution in [0.5, 0.6) is 5.75 Å². The molecule has 1 aliphatic heterocycles. The second-order valence-electron chi connectivity index (χ2n) is 12.2. The van der Waals surface area contributed by atoms with Crippen LogP contribution in [0.25, 0.3) is 16.6 Å². The number of hydrogen-bond donors (Lipinski definition) is 3. The van der Waals surface area contributed by atoms with Crippen LogP contribution in [0.1, 0.15) is 40.8 Å². The van der Waals surface area contributed by atoms with Crippen molar-refractivity contribution in [3.63, 3.8) is 0 Å². The number of rotatable bonds is 10. The lowest BCUT2D eigenvalue weighted by molar-refractivity contribution is -0.126. The molecule has 2 aromatic heterocycles. The third-order valence-corrected chi connectivity index (χ3v) is 9.98. The third-order valence-electron chi connectivity index (χ3n) is 8.19. The van der Waals surface area contributed by atoms with Crippen LogP contribution >= 0.6 is 11.6 Å². The summed E-state index contributed by atoms with van der Waals surface area (Å²) in [5.41, 5.74) is 4.96. The first kappa shape index (κ1) is 33.0. The number of methoxy groups -OCH3 is 1. The molecule has 0 bridgehead atoms. The standard InChI is InChI=1S/C35H36ClN7O4Si/c1-21-41-42-35-29(40-34(23-6-9-25(36)10-7-23)27-18-26(47-2)11-13-30(27)43(21)35)19-31(44)38-20-32(45)37-16-15-22-5-12-28-24(17-22)8-14-33(39-28)48(3,4)46/h5-14,17-18,29,46H,15-16,19-20H2,1-4H3,(H,37,45)(H,38,44)/t29-/m0/s1. The van der Waals surface area contributed by atoms with E-state index in [9.17, 15) is 14.4 Å². The monoisotopic (exact) mass is 681 g/mol. The summed E-state index contributed by atoms with van der Waals surface area (Å²) in [7, 11) is -0.885. The van der Waals surface area contributed by atoms with Gasteiger partial charge in [0.25, 0.3) is 0 Å². The fourth-order valence-electron chi connectivity index (χ4n) is 5.68. The summed E-state index contributed by atoms with van der Waals surface area (Å²) in [6, 6.07) is 22.2. The summed E-state index contributed by atoms with van der Waals surface area (Å²) in [5.74, 6) is 1.18. The van der Waals surface area contributed by atoms with Gasteiger partial charge < -0.3 is 20.2 Å². The largest absolute Gasteiger partial charge is 0.497 e. The molecule has 3 N–H and O–H groups in total. The Kier molecular flexibility index (Phi) is 9.40. The number of aryl methyl sites for hydroxylation is 1. The average Bonchev–Trinajstić information content (AvgIpc) is 3.39. The Bertz CT molecular complexity index is 2040. The zero-order valence-electron chi connectivity index (χ0n) is 27.1. The van der Waals surface area contributed by atoms with Crippen molar-refractivity contribution in [1.29, 1.82) is 0 Å². The summed E-state index contributed by atoms with van der Waals surface area (Å²) in [6.07, 6.45) is 0.568. The summed E-state index contributed by atoms with van der Waals surface area (Å²) in [4.78, 5) is 46.0. The maximum absolute atomic E-state index is 13.2. The molecule has 246 valence electrons. The number of carbonyl (C=O) groups excluding carboxylic acids is 2. The molecule has 0 spiro atoms. The lowest BCUT2D eigenvalue weighted by atomic mass is 10.00. The summed E-state index contributed by atoms with van der Waals surface area (Å²) >= 11 is 6.19. The van der Waals surface area contributed by atoms with E-state index in [4.69, 9.17) is 21.3 Å². The molecule has 0 unspecified atom stereocenters. The lowest BCUT2D eigenvalue weighted by Crippen LogP contribution is -2.43. The Morgan fingerprint density at radius 2 is 1.77 bits per heavy atom. The molecule has 0 radical (unpaired) electrons. The Balaban J connectivity index is 1.12. The van der Waals surface area contributed by atoms with Crippen molar-refractivity contribution in [2.45, 2.75) is 38.9 Å². The number of ether oxygens (including phenoxy) is 1. The van der Waals surface area contributed by atoms with Crippen molar-refractivity contribution in [1.82, 2.24) is 30.4 Å². The number of hydrogen-bond acceptors (Lipinski definition) is 8. The molecular formula is C35H36ClN7O4Si. The maximum atomic E-state index is 13.2. The highest BCUT2D eigenvalue weighted by atomic mass is 35.5. The van der Waals surface area contributed by atoms with E-state index < -0.39 is 14.4 Å². The number of carbonyl (C=O) groups is 2. The van der Waals surface area contributed by atoms with Gasteiger partial charge in [-0.3, -0.25) is 24.1 Å². The zero-order chi connectivity index (χ0) is 34.0. The maximum Gasteiger partial charge on any atom is 0.239 e. The van der Waals surface area contributed by atoms with Gasteiger partial charge in [0.05, 0.1) is 42.3 Å². The van der Waals surface area contributed by atoms with E-state index >= 15 is 0 Å². The van der Waals surface area contributed by atoms with E-state index in [1.54, 1.807) is 19.2 Å². The Hall–Kier alpha value is -4.91. The molecule has 6 rings (SSSR count). The van der Waals surface area contributed by atoms with E-state index in [0.717, 1.165) is 38.6 Å². The second-order valence-corrected chi connectivity index (χ2v) is 16.3. The number of nitrogens with zero attached hydrogens (tertiary/aromatic N) is 5. The predicted molar refractivity (Wildman–Crippen MR) is 188 cm³/mol. The minimum atomic E-state index is -2.49. The Morgan fingerprint density at radius 1 is 0.979 bits per heavy atom. The van der Waals surface area contributed by atoms with Crippen molar-refractivity contribution in [3.8, 4) is 11.4 Å². The van der Waals surface area contributed by atoms with Crippen LogP contribution in [0.3, 0.4) is 0 Å². The first-order chi connectivity index (χ1) is 23.0. The number of amides is 2.